The molecule has 1 rings (SSSR count). The van der Waals surface area contributed by atoms with E-state index >= 15 is 0 Å². The Labute approximate surface area is 118 Å². The zero-order chi connectivity index (χ0) is 16.2. The molecule has 5 nitrogen and oxygen atoms in total. The van der Waals surface area contributed by atoms with Crippen molar-refractivity contribution >= 4 is 17.6 Å². The summed E-state index contributed by atoms with van der Waals surface area (Å²) in [7, 11) is 0. The third kappa shape index (κ3) is 4.97. The lowest BCUT2D eigenvalue weighted by Gasteiger charge is -2.25. The highest BCUT2D eigenvalue weighted by Gasteiger charge is 2.31. The summed E-state index contributed by atoms with van der Waals surface area (Å²) in [6.07, 6.45) is -4.55. The van der Waals surface area contributed by atoms with Crippen LogP contribution in [0.4, 0.5) is 18.9 Å². The standard InChI is InChI=1S/C13H14F3NO4/c1-8(12(20)21)6-17(7-11(18)19)10-4-2-3-9(5-10)13(14,15)16/h2-5,8H,6-7H2,1H3,(H,18,19)(H,20,21). The van der Waals surface area contributed by atoms with Crippen molar-refractivity contribution < 1.29 is 33.0 Å². The van der Waals surface area contributed by atoms with E-state index in [-0.39, 0.29) is 12.2 Å². The first-order chi connectivity index (χ1) is 9.61. The van der Waals surface area contributed by atoms with Crippen LogP contribution in [0.1, 0.15) is 12.5 Å². The van der Waals surface area contributed by atoms with Gasteiger partial charge in [-0.25, -0.2) is 0 Å². The number of carbonyl (C=O) groups is 2. The second-order valence-corrected chi connectivity index (χ2v) is 4.56. The summed E-state index contributed by atoms with van der Waals surface area (Å²) in [6.45, 7) is 0.562. The van der Waals surface area contributed by atoms with Crippen molar-refractivity contribution in [1.29, 1.82) is 0 Å². The molecule has 0 aliphatic carbocycles. The fourth-order valence-electron chi connectivity index (χ4n) is 1.71. The first kappa shape index (κ1) is 16.8. The van der Waals surface area contributed by atoms with Crippen LogP contribution in [0.3, 0.4) is 0 Å². The molecular formula is C13H14F3NO4. The molecule has 1 aromatic rings. The molecule has 0 spiro atoms. The topological polar surface area (TPSA) is 77.8 Å². The molecule has 0 aromatic heterocycles. The van der Waals surface area contributed by atoms with E-state index in [9.17, 15) is 22.8 Å². The van der Waals surface area contributed by atoms with Crippen molar-refractivity contribution in [3.8, 4) is 0 Å². The van der Waals surface area contributed by atoms with Crippen LogP contribution in [0.25, 0.3) is 0 Å². The number of carboxylic acid groups (broad SMARTS) is 2. The van der Waals surface area contributed by atoms with Gasteiger partial charge in [0.15, 0.2) is 0 Å². The normalized spacial score (nSPS) is 12.8. The van der Waals surface area contributed by atoms with E-state index in [1.807, 2.05) is 0 Å². The van der Waals surface area contributed by atoms with Gasteiger partial charge in [-0.3, -0.25) is 9.59 Å². The van der Waals surface area contributed by atoms with Gasteiger partial charge in [0.25, 0.3) is 0 Å². The molecule has 0 heterocycles. The van der Waals surface area contributed by atoms with Crippen molar-refractivity contribution in [2.24, 2.45) is 5.92 Å². The number of benzene rings is 1. The Morgan fingerprint density at radius 1 is 1.29 bits per heavy atom. The van der Waals surface area contributed by atoms with Crippen LogP contribution in [0, 0.1) is 5.92 Å². The summed E-state index contributed by atoms with van der Waals surface area (Å²) in [5.41, 5.74) is -0.904. The molecule has 0 radical (unpaired) electrons. The minimum Gasteiger partial charge on any atom is -0.481 e. The predicted octanol–water partition coefficient (Wildman–Crippen LogP) is 2.32. The van der Waals surface area contributed by atoms with Gasteiger partial charge < -0.3 is 15.1 Å². The number of hydrogen-bond acceptors (Lipinski definition) is 3. The third-order valence-electron chi connectivity index (χ3n) is 2.78. The summed E-state index contributed by atoms with van der Waals surface area (Å²) in [4.78, 5) is 22.7. The van der Waals surface area contributed by atoms with Crippen molar-refractivity contribution in [3.05, 3.63) is 29.8 Å². The molecule has 1 unspecified atom stereocenters. The smallest absolute Gasteiger partial charge is 0.416 e. The fourth-order valence-corrected chi connectivity index (χ4v) is 1.71. The second kappa shape index (κ2) is 6.47. The van der Waals surface area contributed by atoms with Crippen molar-refractivity contribution in [2.75, 3.05) is 18.0 Å². The average Bonchev–Trinajstić information content (AvgIpc) is 2.36. The van der Waals surface area contributed by atoms with Gasteiger partial charge in [-0.05, 0) is 18.2 Å². The summed E-state index contributed by atoms with van der Waals surface area (Å²) in [6, 6.07) is 4.13. The highest BCUT2D eigenvalue weighted by molar-refractivity contribution is 5.75. The van der Waals surface area contributed by atoms with E-state index < -0.39 is 36.1 Å². The number of aliphatic carboxylic acids is 2. The summed E-state index contributed by atoms with van der Waals surface area (Å²) < 4.78 is 38.0. The van der Waals surface area contributed by atoms with E-state index in [2.05, 4.69) is 0 Å². The minimum absolute atomic E-state index is 0.0142. The zero-order valence-corrected chi connectivity index (χ0v) is 11.1. The molecular weight excluding hydrogens is 291 g/mol. The van der Waals surface area contributed by atoms with Crippen LogP contribution in [0.2, 0.25) is 0 Å². The number of carboxylic acids is 2. The van der Waals surface area contributed by atoms with Crippen molar-refractivity contribution in [2.45, 2.75) is 13.1 Å². The second-order valence-electron chi connectivity index (χ2n) is 4.56. The fraction of sp³-hybridized carbons (Fsp3) is 0.385. The van der Waals surface area contributed by atoms with E-state index in [4.69, 9.17) is 10.2 Å². The Kier molecular flexibility index (Phi) is 5.17. The first-order valence-electron chi connectivity index (χ1n) is 5.98. The maximum atomic E-state index is 12.7. The molecule has 0 saturated heterocycles. The van der Waals surface area contributed by atoms with Gasteiger partial charge in [-0.15, -0.1) is 0 Å². The highest BCUT2D eigenvalue weighted by atomic mass is 19.4. The van der Waals surface area contributed by atoms with Crippen molar-refractivity contribution in [1.82, 2.24) is 0 Å². The third-order valence-corrected chi connectivity index (χ3v) is 2.78. The molecule has 0 aliphatic heterocycles. The summed E-state index contributed by atoms with van der Waals surface area (Å²) in [5, 5.41) is 17.7. The Morgan fingerprint density at radius 2 is 1.90 bits per heavy atom. The molecule has 8 heteroatoms. The Morgan fingerprint density at radius 3 is 2.38 bits per heavy atom. The van der Waals surface area contributed by atoms with Crippen LogP contribution >= 0.6 is 0 Å². The lowest BCUT2D eigenvalue weighted by molar-refractivity contribution is -0.141. The number of halogens is 3. The van der Waals surface area contributed by atoms with Gasteiger partial charge >= 0.3 is 18.1 Å². The van der Waals surface area contributed by atoms with Crippen LogP contribution in [0.5, 0.6) is 0 Å². The van der Waals surface area contributed by atoms with Gasteiger partial charge in [-0.2, -0.15) is 13.2 Å². The number of rotatable bonds is 6. The number of alkyl halides is 3. The molecule has 0 saturated carbocycles. The predicted molar refractivity (Wildman–Crippen MR) is 68.1 cm³/mol. The average molecular weight is 305 g/mol. The Balaban J connectivity index is 3.08. The molecule has 0 amide bonds. The molecule has 0 aliphatic rings. The summed E-state index contributed by atoms with van der Waals surface area (Å²) in [5.74, 6) is -3.33. The number of nitrogens with zero attached hydrogens (tertiary/aromatic N) is 1. The van der Waals surface area contributed by atoms with Gasteiger partial charge in [-0.1, -0.05) is 13.0 Å². The van der Waals surface area contributed by atoms with Crippen LogP contribution in [-0.2, 0) is 15.8 Å². The van der Waals surface area contributed by atoms with Gasteiger partial charge in [0.2, 0.25) is 0 Å². The Hall–Kier alpha value is -2.25. The Bertz CT molecular complexity index is 530. The maximum absolute atomic E-state index is 12.7. The molecule has 1 aromatic carbocycles. The van der Waals surface area contributed by atoms with Crippen LogP contribution < -0.4 is 4.90 Å². The SMILES string of the molecule is CC(CN(CC(=O)O)c1cccc(C(F)(F)F)c1)C(=O)O. The molecule has 0 bridgehead atoms. The van der Waals surface area contributed by atoms with E-state index in [1.165, 1.54) is 13.0 Å². The van der Waals surface area contributed by atoms with Crippen LogP contribution in [-0.4, -0.2) is 35.2 Å². The monoisotopic (exact) mass is 305 g/mol. The number of anilines is 1. The van der Waals surface area contributed by atoms with Gasteiger partial charge in [0.1, 0.15) is 6.54 Å². The zero-order valence-electron chi connectivity index (χ0n) is 11.1. The van der Waals surface area contributed by atoms with Crippen LogP contribution in [0.15, 0.2) is 24.3 Å². The molecule has 2 N–H and O–H groups in total. The lowest BCUT2D eigenvalue weighted by atomic mass is 10.1. The minimum atomic E-state index is -4.55. The van der Waals surface area contributed by atoms with E-state index in [0.29, 0.717) is 0 Å². The molecule has 0 fully saturated rings. The van der Waals surface area contributed by atoms with Crippen molar-refractivity contribution in [3.63, 3.8) is 0 Å². The van der Waals surface area contributed by atoms with Gasteiger partial charge in [0.05, 0.1) is 11.5 Å². The highest BCUT2D eigenvalue weighted by Crippen LogP contribution is 2.31. The largest absolute Gasteiger partial charge is 0.481 e. The summed E-state index contributed by atoms with van der Waals surface area (Å²) >= 11 is 0. The van der Waals surface area contributed by atoms with E-state index in [0.717, 1.165) is 23.1 Å². The quantitative estimate of drug-likeness (QED) is 0.843. The first-order valence-corrected chi connectivity index (χ1v) is 5.98. The van der Waals surface area contributed by atoms with E-state index in [1.54, 1.807) is 0 Å². The molecule has 21 heavy (non-hydrogen) atoms. The maximum Gasteiger partial charge on any atom is 0.416 e. The molecule has 116 valence electrons. The lowest BCUT2D eigenvalue weighted by Crippen LogP contribution is -2.36. The number of hydrogen-bond donors (Lipinski definition) is 2. The molecule has 1 atom stereocenters. The van der Waals surface area contributed by atoms with Gasteiger partial charge in [0, 0.05) is 12.2 Å².